The number of ether oxygens (including phenoxy) is 1. The Balaban J connectivity index is 1.32. The van der Waals surface area contributed by atoms with E-state index in [1.165, 1.54) is 5.56 Å². The fourth-order valence-corrected chi connectivity index (χ4v) is 4.45. The summed E-state index contributed by atoms with van der Waals surface area (Å²) in [6.07, 6.45) is 1.57. The molecule has 0 radical (unpaired) electrons. The van der Waals surface area contributed by atoms with Crippen LogP contribution < -0.4 is 15.4 Å². The zero-order valence-corrected chi connectivity index (χ0v) is 23.8. The molecule has 0 saturated heterocycles. The summed E-state index contributed by atoms with van der Waals surface area (Å²) in [6.45, 7) is 10.8. The molecular formula is C33H35N5O2. The number of pyridine rings is 1. The molecule has 40 heavy (non-hydrogen) atoms. The van der Waals surface area contributed by atoms with Gasteiger partial charge in [0.05, 0.1) is 11.0 Å². The number of aromatic nitrogens is 3. The molecule has 0 spiro atoms. The molecule has 0 bridgehead atoms. The van der Waals surface area contributed by atoms with Gasteiger partial charge in [0.25, 0.3) is 5.91 Å². The average molecular weight is 534 g/mol. The van der Waals surface area contributed by atoms with Gasteiger partial charge in [-0.05, 0) is 64.9 Å². The highest BCUT2D eigenvalue weighted by atomic mass is 16.5. The van der Waals surface area contributed by atoms with Crippen LogP contribution in [0.1, 0.15) is 62.2 Å². The van der Waals surface area contributed by atoms with Crippen molar-refractivity contribution in [3.05, 3.63) is 102 Å². The van der Waals surface area contributed by atoms with Crippen molar-refractivity contribution < 1.29 is 9.53 Å². The number of aryl methyl sites for hydroxylation is 1. The van der Waals surface area contributed by atoms with Crippen molar-refractivity contribution in [3.63, 3.8) is 0 Å². The SMILES string of the molecule is CC(C)c1cccc(Nc2nc3cc(Oc4ccnc(C(=O)Nc5cccc(C(C)(C)C)c5)c4)ccc3n2C)c1. The Morgan fingerprint density at radius 1 is 0.900 bits per heavy atom. The van der Waals surface area contributed by atoms with Crippen LogP contribution in [-0.2, 0) is 12.5 Å². The number of hydrogen-bond acceptors (Lipinski definition) is 5. The number of hydrogen-bond donors (Lipinski definition) is 2. The first kappa shape index (κ1) is 26.9. The van der Waals surface area contributed by atoms with Crippen LogP contribution in [0.2, 0.25) is 0 Å². The Bertz CT molecular complexity index is 1680. The lowest BCUT2D eigenvalue weighted by Crippen LogP contribution is -2.15. The zero-order chi connectivity index (χ0) is 28.4. The second-order valence-corrected chi connectivity index (χ2v) is 11.3. The molecule has 2 heterocycles. The van der Waals surface area contributed by atoms with Gasteiger partial charge < -0.3 is 19.9 Å². The molecule has 204 valence electrons. The van der Waals surface area contributed by atoms with Crippen LogP contribution in [0.15, 0.2) is 85.1 Å². The average Bonchev–Trinajstić information content (AvgIpc) is 3.22. The molecule has 0 aliphatic heterocycles. The molecule has 2 N–H and O–H groups in total. The number of benzene rings is 3. The van der Waals surface area contributed by atoms with E-state index in [1.54, 1.807) is 18.3 Å². The fraction of sp³-hybridized carbons (Fsp3) is 0.242. The van der Waals surface area contributed by atoms with E-state index < -0.39 is 0 Å². The molecular weight excluding hydrogens is 498 g/mol. The minimum atomic E-state index is -0.297. The highest BCUT2D eigenvalue weighted by Gasteiger charge is 2.16. The first-order valence-corrected chi connectivity index (χ1v) is 13.5. The summed E-state index contributed by atoms with van der Waals surface area (Å²) >= 11 is 0. The predicted molar refractivity (Wildman–Crippen MR) is 162 cm³/mol. The number of anilines is 3. The molecule has 0 unspecified atom stereocenters. The first-order valence-electron chi connectivity index (χ1n) is 13.5. The highest BCUT2D eigenvalue weighted by Crippen LogP contribution is 2.29. The molecule has 1 amide bonds. The van der Waals surface area contributed by atoms with Gasteiger partial charge in [-0.25, -0.2) is 4.98 Å². The number of imidazole rings is 1. The number of rotatable bonds is 7. The molecule has 0 aliphatic rings. The Labute approximate surface area is 235 Å². The van der Waals surface area contributed by atoms with Crippen molar-refractivity contribution >= 4 is 34.3 Å². The van der Waals surface area contributed by atoms with Gasteiger partial charge in [0.15, 0.2) is 0 Å². The molecule has 3 aromatic carbocycles. The minimum absolute atomic E-state index is 0.0167. The van der Waals surface area contributed by atoms with Crippen LogP contribution in [0, 0.1) is 0 Å². The maximum absolute atomic E-state index is 13.0. The smallest absolute Gasteiger partial charge is 0.274 e. The standard InChI is InChI=1S/C33H35N5O2/c1-21(2)22-9-7-11-24(17-22)36-32-37-28-19-26(13-14-30(28)38(32)6)40-27-15-16-34-29(20-27)31(39)35-25-12-8-10-23(18-25)33(3,4)5/h7-21H,1-6H3,(H,35,39)(H,36,37). The quantitative estimate of drug-likeness (QED) is 0.220. The zero-order valence-electron chi connectivity index (χ0n) is 23.8. The van der Waals surface area contributed by atoms with Crippen molar-refractivity contribution in [2.45, 2.75) is 46.0 Å². The molecule has 0 fully saturated rings. The normalized spacial score (nSPS) is 11.6. The summed E-state index contributed by atoms with van der Waals surface area (Å²) in [5.74, 6) is 2.03. The third kappa shape index (κ3) is 5.99. The van der Waals surface area contributed by atoms with Gasteiger partial charge in [-0.2, -0.15) is 0 Å². The summed E-state index contributed by atoms with van der Waals surface area (Å²) < 4.78 is 8.13. The lowest BCUT2D eigenvalue weighted by atomic mass is 9.87. The van der Waals surface area contributed by atoms with Gasteiger partial charge >= 0.3 is 0 Å². The van der Waals surface area contributed by atoms with Gasteiger partial charge in [-0.1, -0.05) is 58.9 Å². The van der Waals surface area contributed by atoms with Crippen LogP contribution in [0.25, 0.3) is 11.0 Å². The first-order chi connectivity index (χ1) is 19.1. The predicted octanol–water partition coefficient (Wildman–Crippen LogP) is 8.18. The fourth-order valence-electron chi connectivity index (χ4n) is 4.45. The lowest BCUT2D eigenvalue weighted by Gasteiger charge is -2.19. The summed E-state index contributed by atoms with van der Waals surface area (Å²) in [4.78, 5) is 22.0. The largest absolute Gasteiger partial charge is 0.457 e. The Morgan fingerprint density at radius 3 is 2.42 bits per heavy atom. The molecule has 7 nitrogen and oxygen atoms in total. The van der Waals surface area contributed by atoms with E-state index in [-0.39, 0.29) is 17.0 Å². The lowest BCUT2D eigenvalue weighted by molar-refractivity contribution is 0.102. The van der Waals surface area contributed by atoms with Crippen molar-refractivity contribution in [1.82, 2.24) is 14.5 Å². The molecule has 0 saturated carbocycles. The van der Waals surface area contributed by atoms with E-state index in [9.17, 15) is 4.79 Å². The van der Waals surface area contributed by atoms with Gasteiger partial charge in [0, 0.05) is 36.8 Å². The number of amides is 1. The number of carbonyl (C=O) groups is 1. The second-order valence-electron chi connectivity index (χ2n) is 11.3. The molecule has 7 heteroatoms. The van der Waals surface area contributed by atoms with Gasteiger partial charge in [0.1, 0.15) is 17.2 Å². The van der Waals surface area contributed by atoms with Crippen molar-refractivity contribution in [1.29, 1.82) is 0 Å². The van der Waals surface area contributed by atoms with E-state index in [4.69, 9.17) is 9.72 Å². The Hall–Kier alpha value is -4.65. The molecule has 5 rings (SSSR count). The summed E-state index contributed by atoms with van der Waals surface area (Å²) in [5, 5.41) is 6.38. The van der Waals surface area contributed by atoms with E-state index in [1.807, 2.05) is 54.1 Å². The van der Waals surface area contributed by atoms with Crippen molar-refractivity contribution in [2.24, 2.45) is 7.05 Å². The van der Waals surface area contributed by atoms with Crippen LogP contribution in [-0.4, -0.2) is 20.4 Å². The van der Waals surface area contributed by atoms with E-state index in [2.05, 4.69) is 74.5 Å². The molecule has 5 aromatic rings. The van der Waals surface area contributed by atoms with Gasteiger partial charge in [0.2, 0.25) is 5.95 Å². The van der Waals surface area contributed by atoms with E-state index in [0.717, 1.165) is 33.9 Å². The van der Waals surface area contributed by atoms with E-state index >= 15 is 0 Å². The maximum atomic E-state index is 13.0. The molecule has 2 aromatic heterocycles. The summed E-state index contributed by atoms with van der Waals surface area (Å²) in [5.41, 5.74) is 6.16. The van der Waals surface area contributed by atoms with Gasteiger partial charge in [-0.15, -0.1) is 0 Å². The number of nitrogens with one attached hydrogen (secondary N) is 2. The van der Waals surface area contributed by atoms with Crippen LogP contribution in [0.5, 0.6) is 11.5 Å². The highest BCUT2D eigenvalue weighted by molar-refractivity contribution is 6.03. The number of carbonyl (C=O) groups excluding carboxylic acids is 1. The Morgan fingerprint density at radius 2 is 1.65 bits per heavy atom. The third-order valence-electron chi connectivity index (χ3n) is 6.85. The summed E-state index contributed by atoms with van der Waals surface area (Å²) in [6, 6.07) is 25.4. The second kappa shape index (κ2) is 10.8. The summed E-state index contributed by atoms with van der Waals surface area (Å²) in [7, 11) is 1.98. The van der Waals surface area contributed by atoms with Crippen LogP contribution in [0.4, 0.5) is 17.3 Å². The van der Waals surface area contributed by atoms with Crippen molar-refractivity contribution in [2.75, 3.05) is 10.6 Å². The van der Waals surface area contributed by atoms with E-state index in [0.29, 0.717) is 17.4 Å². The topological polar surface area (TPSA) is 81.1 Å². The van der Waals surface area contributed by atoms with Crippen LogP contribution >= 0.6 is 0 Å². The third-order valence-corrected chi connectivity index (χ3v) is 6.85. The number of fused-ring (bicyclic) bond motifs is 1. The van der Waals surface area contributed by atoms with Crippen molar-refractivity contribution in [3.8, 4) is 11.5 Å². The number of nitrogens with zero attached hydrogens (tertiary/aromatic N) is 3. The van der Waals surface area contributed by atoms with Gasteiger partial charge in [-0.3, -0.25) is 9.78 Å². The Kier molecular flexibility index (Phi) is 7.30. The monoisotopic (exact) mass is 533 g/mol. The van der Waals surface area contributed by atoms with Crippen LogP contribution in [0.3, 0.4) is 0 Å². The molecule has 0 aliphatic carbocycles. The minimum Gasteiger partial charge on any atom is -0.457 e. The maximum Gasteiger partial charge on any atom is 0.274 e. The molecule has 0 atom stereocenters.